The highest BCUT2D eigenvalue weighted by Crippen LogP contribution is 2.36. The van der Waals surface area contributed by atoms with Gasteiger partial charge >= 0.3 is 0 Å². The molecule has 0 unspecified atom stereocenters. The second-order valence-electron chi connectivity index (χ2n) is 3.26. The fraction of sp³-hybridized carbons (Fsp3) is 0.429. The second kappa shape index (κ2) is 4.66. The van der Waals surface area contributed by atoms with Crippen molar-refractivity contribution < 1.29 is 13.3 Å². The van der Waals surface area contributed by atoms with Crippen LogP contribution in [0.3, 0.4) is 0 Å². The van der Waals surface area contributed by atoms with Crippen molar-refractivity contribution in [2.75, 3.05) is 0 Å². The monoisotopic (exact) mass is 284 g/mol. The molecule has 0 aliphatic rings. The van der Waals surface area contributed by atoms with E-state index in [4.69, 9.17) is 11.6 Å². The van der Waals surface area contributed by atoms with Crippen molar-refractivity contribution in [1.82, 2.24) is 4.72 Å². The second-order valence-corrected chi connectivity index (χ2v) is 6.85. The van der Waals surface area contributed by atoms with Crippen molar-refractivity contribution in [1.29, 1.82) is 0 Å². The third kappa shape index (κ3) is 2.91. The van der Waals surface area contributed by atoms with Crippen LogP contribution in [-0.4, -0.2) is 19.4 Å². The zero-order chi connectivity index (χ0) is 12.5. The van der Waals surface area contributed by atoms with Gasteiger partial charge in [-0.1, -0.05) is 11.6 Å². The lowest BCUT2D eigenvalue weighted by molar-refractivity contribution is -0.384. The van der Waals surface area contributed by atoms with E-state index in [0.717, 1.165) is 6.07 Å². The minimum Gasteiger partial charge on any atom is -0.258 e. The summed E-state index contributed by atoms with van der Waals surface area (Å²) < 4.78 is 25.3. The van der Waals surface area contributed by atoms with Crippen LogP contribution in [0.5, 0.6) is 0 Å². The average molecular weight is 285 g/mol. The Labute approximate surface area is 101 Å². The summed E-state index contributed by atoms with van der Waals surface area (Å²) in [5.41, 5.74) is -0.393. The Morgan fingerprint density at radius 1 is 1.56 bits per heavy atom. The quantitative estimate of drug-likeness (QED) is 0.676. The molecular formula is C7H9ClN2O4S2. The van der Waals surface area contributed by atoms with Gasteiger partial charge in [0.1, 0.15) is 4.21 Å². The van der Waals surface area contributed by atoms with Crippen LogP contribution in [0.25, 0.3) is 0 Å². The van der Waals surface area contributed by atoms with Gasteiger partial charge in [-0.2, -0.15) is 0 Å². The lowest BCUT2D eigenvalue weighted by Crippen LogP contribution is -2.29. The number of nitrogens with zero attached hydrogens (tertiary/aromatic N) is 1. The molecule has 0 saturated heterocycles. The van der Waals surface area contributed by atoms with Gasteiger partial charge in [-0.05, 0) is 13.8 Å². The van der Waals surface area contributed by atoms with Gasteiger partial charge in [-0.15, -0.1) is 11.3 Å². The predicted octanol–water partition coefficient (Wildman–Crippen LogP) is 2.00. The van der Waals surface area contributed by atoms with Crippen molar-refractivity contribution in [3.8, 4) is 0 Å². The fourth-order valence-electron chi connectivity index (χ4n) is 0.964. The van der Waals surface area contributed by atoms with Gasteiger partial charge < -0.3 is 0 Å². The Morgan fingerprint density at radius 3 is 2.50 bits per heavy atom. The molecule has 1 aromatic heterocycles. The molecule has 1 N–H and O–H groups in total. The first-order valence-corrected chi connectivity index (χ1v) is 6.88. The van der Waals surface area contributed by atoms with E-state index in [1.165, 1.54) is 0 Å². The summed E-state index contributed by atoms with van der Waals surface area (Å²) in [7, 11) is -3.72. The maximum Gasteiger partial charge on any atom is 0.300 e. The normalized spacial score (nSPS) is 12.0. The highest BCUT2D eigenvalue weighted by atomic mass is 35.5. The fourth-order valence-corrected chi connectivity index (χ4v) is 3.90. The number of halogens is 1. The predicted molar refractivity (Wildman–Crippen MR) is 61.4 cm³/mol. The van der Waals surface area contributed by atoms with Crippen LogP contribution in [0.2, 0.25) is 4.34 Å². The standard InChI is InChI=1S/C7H9ClN2O4S2/c1-4(2)9-16(13,14)6-3-5(10(11)12)7(8)15-6/h3-4,9H,1-2H3. The molecule has 0 saturated carbocycles. The van der Waals surface area contributed by atoms with Crippen molar-refractivity contribution in [2.24, 2.45) is 0 Å². The molecule has 1 heterocycles. The van der Waals surface area contributed by atoms with Gasteiger partial charge in [0, 0.05) is 12.1 Å². The van der Waals surface area contributed by atoms with Crippen molar-refractivity contribution in [3.05, 3.63) is 20.5 Å². The maximum atomic E-state index is 11.6. The van der Waals surface area contributed by atoms with Crippen molar-refractivity contribution in [3.63, 3.8) is 0 Å². The zero-order valence-electron chi connectivity index (χ0n) is 8.43. The summed E-state index contributed by atoms with van der Waals surface area (Å²) in [6.45, 7) is 3.31. The molecule has 1 aromatic rings. The summed E-state index contributed by atoms with van der Waals surface area (Å²) in [4.78, 5) is 9.78. The molecule has 0 radical (unpaired) electrons. The molecular weight excluding hydrogens is 276 g/mol. The highest BCUT2D eigenvalue weighted by Gasteiger charge is 2.25. The molecule has 0 spiro atoms. The third-order valence-electron chi connectivity index (χ3n) is 1.50. The largest absolute Gasteiger partial charge is 0.300 e. The molecule has 0 fully saturated rings. The molecule has 1 rings (SSSR count). The number of sulfonamides is 1. The Hall–Kier alpha value is -0.700. The van der Waals surface area contributed by atoms with Crippen LogP contribution in [0, 0.1) is 10.1 Å². The molecule has 6 nitrogen and oxygen atoms in total. The number of thiophene rings is 1. The Morgan fingerprint density at radius 2 is 2.12 bits per heavy atom. The van der Waals surface area contributed by atoms with Gasteiger partial charge in [0.05, 0.1) is 4.92 Å². The van der Waals surface area contributed by atoms with Crippen LogP contribution in [0.1, 0.15) is 13.8 Å². The zero-order valence-corrected chi connectivity index (χ0v) is 10.8. The first-order chi connectivity index (χ1) is 7.24. The number of nitro groups is 1. The van der Waals surface area contributed by atoms with E-state index in [1.54, 1.807) is 13.8 Å². The first-order valence-electron chi connectivity index (χ1n) is 4.20. The smallest absolute Gasteiger partial charge is 0.258 e. The van der Waals surface area contributed by atoms with Crippen LogP contribution in [-0.2, 0) is 10.0 Å². The van der Waals surface area contributed by atoms with E-state index >= 15 is 0 Å². The number of rotatable bonds is 4. The lowest BCUT2D eigenvalue weighted by atomic mass is 10.4. The van der Waals surface area contributed by atoms with Gasteiger partial charge in [0.15, 0.2) is 4.34 Å². The van der Waals surface area contributed by atoms with Crippen LogP contribution < -0.4 is 4.72 Å². The Balaban J connectivity index is 3.15. The molecule has 16 heavy (non-hydrogen) atoms. The van der Waals surface area contributed by atoms with E-state index in [1.807, 2.05) is 0 Å². The van der Waals surface area contributed by atoms with Gasteiger partial charge in [-0.3, -0.25) is 10.1 Å². The summed E-state index contributed by atoms with van der Waals surface area (Å²) in [6.07, 6.45) is 0. The molecule has 0 amide bonds. The summed E-state index contributed by atoms with van der Waals surface area (Å²) in [6, 6.07) is 0.669. The molecule has 0 aliphatic carbocycles. The minimum absolute atomic E-state index is 0.144. The average Bonchev–Trinajstić information content (AvgIpc) is 2.45. The molecule has 0 aliphatic heterocycles. The minimum atomic E-state index is -3.72. The number of nitrogens with one attached hydrogen (secondary N) is 1. The first kappa shape index (κ1) is 13.4. The highest BCUT2D eigenvalue weighted by molar-refractivity contribution is 7.91. The van der Waals surface area contributed by atoms with E-state index in [0.29, 0.717) is 11.3 Å². The third-order valence-corrected chi connectivity index (χ3v) is 4.97. The van der Waals surface area contributed by atoms with E-state index in [-0.39, 0.29) is 14.6 Å². The molecule has 9 heteroatoms. The number of hydrogen-bond acceptors (Lipinski definition) is 5. The van der Waals surface area contributed by atoms with Crippen LogP contribution in [0.4, 0.5) is 5.69 Å². The molecule has 0 atom stereocenters. The Bertz CT molecular complexity index is 508. The number of hydrogen-bond donors (Lipinski definition) is 1. The van der Waals surface area contributed by atoms with Gasteiger partial charge in [-0.25, -0.2) is 13.1 Å². The van der Waals surface area contributed by atoms with E-state index in [2.05, 4.69) is 4.72 Å². The lowest BCUT2D eigenvalue weighted by Gasteiger charge is -2.06. The van der Waals surface area contributed by atoms with Gasteiger partial charge in [0.25, 0.3) is 15.7 Å². The van der Waals surface area contributed by atoms with E-state index < -0.39 is 20.6 Å². The SMILES string of the molecule is CC(C)NS(=O)(=O)c1cc([N+](=O)[O-])c(Cl)s1. The topological polar surface area (TPSA) is 89.3 Å². The Kier molecular flexibility index (Phi) is 3.89. The molecule has 90 valence electrons. The van der Waals surface area contributed by atoms with E-state index in [9.17, 15) is 18.5 Å². The summed E-state index contributed by atoms with van der Waals surface area (Å²) in [5.74, 6) is 0. The maximum absolute atomic E-state index is 11.6. The summed E-state index contributed by atoms with van der Waals surface area (Å²) >= 11 is 6.23. The van der Waals surface area contributed by atoms with Crippen LogP contribution in [0.15, 0.2) is 10.3 Å². The molecule has 0 bridgehead atoms. The van der Waals surface area contributed by atoms with Crippen molar-refractivity contribution >= 4 is 38.6 Å². The van der Waals surface area contributed by atoms with Gasteiger partial charge in [0.2, 0.25) is 0 Å². The molecule has 0 aromatic carbocycles. The summed E-state index contributed by atoms with van der Waals surface area (Å²) in [5, 5.41) is 10.5. The van der Waals surface area contributed by atoms with Crippen molar-refractivity contribution in [2.45, 2.75) is 24.1 Å². The van der Waals surface area contributed by atoms with Crippen LogP contribution >= 0.6 is 22.9 Å².